The van der Waals surface area contributed by atoms with Gasteiger partial charge in [0, 0.05) is 5.56 Å². The highest BCUT2D eigenvalue weighted by atomic mass is 32.2. The standard InChI is InChI=1S/C17H15FN2O3S/c1-10-3-5-12(6-4-10)17-16(11(2)23-20-17)13-7-8-15(14(18)9-13)24(19,21)22/h3-9H,1-2H3,(H2,19,21,22). The Kier molecular flexibility index (Phi) is 3.98. The molecule has 0 radical (unpaired) electrons. The van der Waals surface area contributed by atoms with E-state index in [4.69, 9.17) is 9.66 Å². The fourth-order valence-corrected chi connectivity index (χ4v) is 3.10. The third-order valence-corrected chi connectivity index (χ3v) is 4.66. The van der Waals surface area contributed by atoms with Crippen LogP contribution in [0.25, 0.3) is 22.4 Å². The number of nitrogens with zero attached hydrogens (tertiary/aromatic N) is 1. The SMILES string of the molecule is Cc1ccc(-c2noc(C)c2-c2ccc(S(N)(=O)=O)c(F)c2)cc1. The number of hydrogen-bond acceptors (Lipinski definition) is 4. The van der Waals surface area contributed by atoms with E-state index in [0.29, 0.717) is 22.6 Å². The average molecular weight is 346 g/mol. The van der Waals surface area contributed by atoms with Gasteiger partial charge in [-0.05, 0) is 31.5 Å². The van der Waals surface area contributed by atoms with E-state index in [0.717, 1.165) is 23.3 Å². The number of hydrogen-bond donors (Lipinski definition) is 1. The maximum Gasteiger partial charge on any atom is 0.240 e. The van der Waals surface area contributed by atoms with E-state index >= 15 is 0 Å². The monoisotopic (exact) mass is 346 g/mol. The molecule has 1 heterocycles. The molecule has 0 spiro atoms. The summed E-state index contributed by atoms with van der Waals surface area (Å²) in [5, 5.41) is 9.05. The van der Waals surface area contributed by atoms with Gasteiger partial charge < -0.3 is 4.52 Å². The van der Waals surface area contributed by atoms with Gasteiger partial charge in [-0.15, -0.1) is 0 Å². The van der Waals surface area contributed by atoms with Crippen LogP contribution >= 0.6 is 0 Å². The Morgan fingerprint density at radius 3 is 2.25 bits per heavy atom. The zero-order chi connectivity index (χ0) is 17.5. The van der Waals surface area contributed by atoms with Crippen molar-refractivity contribution in [2.45, 2.75) is 18.7 Å². The summed E-state index contributed by atoms with van der Waals surface area (Å²) in [5.74, 6) is -0.404. The third kappa shape index (κ3) is 2.95. The van der Waals surface area contributed by atoms with Crippen LogP contribution in [-0.4, -0.2) is 13.6 Å². The van der Waals surface area contributed by atoms with Crippen molar-refractivity contribution in [3.8, 4) is 22.4 Å². The fourth-order valence-electron chi connectivity index (χ4n) is 2.51. The first-order valence-electron chi connectivity index (χ1n) is 7.13. The van der Waals surface area contributed by atoms with Gasteiger partial charge in [0.25, 0.3) is 0 Å². The van der Waals surface area contributed by atoms with Crippen LogP contribution in [0.5, 0.6) is 0 Å². The molecule has 0 fully saturated rings. The van der Waals surface area contributed by atoms with Crippen molar-refractivity contribution >= 4 is 10.0 Å². The van der Waals surface area contributed by atoms with Gasteiger partial charge in [-0.3, -0.25) is 0 Å². The van der Waals surface area contributed by atoms with Crippen molar-refractivity contribution in [3.05, 3.63) is 59.6 Å². The van der Waals surface area contributed by atoms with Crippen LogP contribution in [0.4, 0.5) is 4.39 Å². The second-order valence-corrected chi connectivity index (χ2v) is 7.05. The highest BCUT2D eigenvalue weighted by Crippen LogP contribution is 2.35. The quantitative estimate of drug-likeness (QED) is 0.787. The first-order chi connectivity index (χ1) is 11.3. The molecule has 2 N–H and O–H groups in total. The topological polar surface area (TPSA) is 86.2 Å². The highest BCUT2D eigenvalue weighted by Gasteiger charge is 2.20. The minimum Gasteiger partial charge on any atom is -0.360 e. The molecule has 0 aliphatic rings. The summed E-state index contributed by atoms with van der Waals surface area (Å²) in [7, 11) is -4.11. The number of benzene rings is 2. The molecule has 0 aliphatic carbocycles. The molecule has 3 rings (SSSR count). The predicted octanol–water partition coefficient (Wildman–Crippen LogP) is 3.41. The summed E-state index contributed by atoms with van der Waals surface area (Å²) >= 11 is 0. The van der Waals surface area contributed by atoms with Crippen molar-refractivity contribution in [2.24, 2.45) is 5.14 Å². The minimum absolute atomic E-state index is 0.467. The second-order valence-electron chi connectivity index (χ2n) is 5.52. The van der Waals surface area contributed by atoms with Crippen molar-refractivity contribution in [2.75, 3.05) is 0 Å². The van der Waals surface area contributed by atoms with Gasteiger partial charge in [0.1, 0.15) is 22.2 Å². The van der Waals surface area contributed by atoms with E-state index in [1.165, 1.54) is 6.07 Å². The number of rotatable bonds is 3. The third-order valence-electron chi connectivity index (χ3n) is 3.71. The molecular formula is C17H15FN2O3S. The first-order valence-corrected chi connectivity index (χ1v) is 8.68. The molecule has 0 aliphatic heterocycles. The molecule has 0 atom stereocenters. The van der Waals surface area contributed by atoms with Crippen LogP contribution in [0.3, 0.4) is 0 Å². The van der Waals surface area contributed by atoms with Crippen LogP contribution < -0.4 is 5.14 Å². The van der Waals surface area contributed by atoms with Crippen LogP contribution in [0.15, 0.2) is 51.9 Å². The maximum atomic E-state index is 14.1. The van der Waals surface area contributed by atoms with E-state index in [1.54, 1.807) is 6.92 Å². The predicted molar refractivity (Wildman–Crippen MR) is 88.2 cm³/mol. The zero-order valence-electron chi connectivity index (χ0n) is 13.1. The Labute approximate surface area is 139 Å². The van der Waals surface area contributed by atoms with E-state index < -0.39 is 20.7 Å². The largest absolute Gasteiger partial charge is 0.360 e. The summed E-state index contributed by atoms with van der Waals surface area (Å²) in [5.41, 5.74) is 3.57. The normalized spacial score (nSPS) is 11.7. The van der Waals surface area contributed by atoms with Crippen molar-refractivity contribution in [1.82, 2.24) is 5.16 Å². The summed E-state index contributed by atoms with van der Waals surface area (Å²) in [6.45, 7) is 3.69. The van der Waals surface area contributed by atoms with Gasteiger partial charge in [-0.1, -0.05) is 41.1 Å². The Balaban J connectivity index is 2.16. The zero-order valence-corrected chi connectivity index (χ0v) is 13.9. The van der Waals surface area contributed by atoms with E-state index in [9.17, 15) is 12.8 Å². The van der Waals surface area contributed by atoms with Crippen LogP contribution in [0.2, 0.25) is 0 Å². The van der Waals surface area contributed by atoms with E-state index in [1.807, 2.05) is 31.2 Å². The van der Waals surface area contributed by atoms with E-state index in [-0.39, 0.29) is 0 Å². The lowest BCUT2D eigenvalue weighted by atomic mass is 9.99. The lowest BCUT2D eigenvalue weighted by Gasteiger charge is -2.06. The molecule has 5 nitrogen and oxygen atoms in total. The lowest BCUT2D eigenvalue weighted by Crippen LogP contribution is -2.13. The number of sulfonamides is 1. The molecular weight excluding hydrogens is 331 g/mol. The Morgan fingerprint density at radius 2 is 1.67 bits per heavy atom. The number of halogens is 1. The molecule has 0 bridgehead atoms. The fraction of sp³-hybridized carbons (Fsp3) is 0.118. The van der Waals surface area contributed by atoms with Crippen LogP contribution in [0, 0.1) is 19.7 Å². The van der Waals surface area contributed by atoms with Crippen molar-refractivity contribution < 1.29 is 17.3 Å². The van der Waals surface area contributed by atoms with Crippen molar-refractivity contribution in [1.29, 1.82) is 0 Å². The summed E-state index contributed by atoms with van der Waals surface area (Å²) < 4.78 is 42.1. The molecule has 24 heavy (non-hydrogen) atoms. The van der Waals surface area contributed by atoms with Gasteiger partial charge in [0.05, 0.1) is 5.56 Å². The minimum atomic E-state index is -4.11. The molecule has 0 unspecified atom stereocenters. The van der Waals surface area contributed by atoms with Gasteiger partial charge in [-0.2, -0.15) is 0 Å². The number of aryl methyl sites for hydroxylation is 2. The van der Waals surface area contributed by atoms with Gasteiger partial charge in [0.2, 0.25) is 10.0 Å². The van der Waals surface area contributed by atoms with Crippen LogP contribution in [0.1, 0.15) is 11.3 Å². The molecule has 7 heteroatoms. The summed E-state index contributed by atoms with van der Waals surface area (Å²) in [6, 6.07) is 11.4. The average Bonchev–Trinajstić information content (AvgIpc) is 2.88. The molecule has 1 aromatic heterocycles. The molecule has 2 aromatic carbocycles. The van der Waals surface area contributed by atoms with Crippen LogP contribution in [-0.2, 0) is 10.0 Å². The summed E-state index contributed by atoms with van der Waals surface area (Å²) in [6.07, 6.45) is 0. The molecule has 0 amide bonds. The Hall–Kier alpha value is -2.51. The Bertz CT molecular complexity index is 1010. The Morgan fingerprint density at radius 1 is 1.04 bits per heavy atom. The molecule has 0 saturated heterocycles. The number of aromatic nitrogens is 1. The van der Waals surface area contributed by atoms with Gasteiger partial charge in [-0.25, -0.2) is 17.9 Å². The van der Waals surface area contributed by atoms with Gasteiger partial charge in [0.15, 0.2) is 0 Å². The first kappa shape index (κ1) is 16.4. The molecule has 0 saturated carbocycles. The lowest BCUT2D eigenvalue weighted by molar-refractivity contribution is 0.400. The van der Waals surface area contributed by atoms with Gasteiger partial charge >= 0.3 is 0 Å². The van der Waals surface area contributed by atoms with Crippen molar-refractivity contribution in [3.63, 3.8) is 0 Å². The van der Waals surface area contributed by atoms with E-state index in [2.05, 4.69) is 5.16 Å². The highest BCUT2D eigenvalue weighted by molar-refractivity contribution is 7.89. The molecule has 124 valence electrons. The number of nitrogens with two attached hydrogens (primary N) is 1. The smallest absolute Gasteiger partial charge is 0.240 e. The molecule has 3 aromatic rings. The maximum absolute atomic E-state index is 14.1. The second kappa shape index (κ2) is 5.85. The number of primary sulfonamides is 1. The summed E-state index contributed by atoms with van der Waals surface area (Å²) in [4.78, 5) is -0.544.